The molecule has 41 heavy (non-hydrogen) atoms. The van der Waals surface area contributed by atoms with Crippen LogP contribution in [0.1, 0.15) is 41.5 Å². The molecule has 2 amide bonds. The maximum absolute atomic E-state index is 12.5. The fraction of sp³-hybridized carbons (Fsp3) is 0.344. The van der Waals surface area contributed by atoms with Gasteiger partial charge in [-0.3, -0.25) is 10.6 Å². The monoisotopic (exact) mass is 670 g/mol. The second kappa shape index (κ2) is 12.1. The number of alkyl halides is 1. The molecule has 0 spiro atoms. The molecule has 0 saturated heterocycles. The number of rotatable bonds is 6. The van der Waals surface area contributed by atoms with Crippen LogP contribution in [0.4, 0.5) is 21.0 Å². The largest absolute Gasteiger partial charge is 0.493 e. The number of nitrogens with zero attached hydrogens (tertiary/aromatic N) is 1. The normalized spacial score (nSPS) is 11.8. The van der Waals surface area contributed by atoms with Gasteiger partial charge in [0.05, 0.1) is 23.1 Å². The summed E-state index contributed by atoms with van der Waals surface area (Å²) in [6.45, 7) is 11.6. The maximum Gasteiger partial charge on any atom is 0.412 e. The third-order valence-electron chi connectivity index (χ3n) is 6.02. The molecule has 2 N–H and O–H groups in total. The van der Waals surface area contributed by atoms with Crippen molar-refractivity contribution >= 4 is 67.8 Å². The Bertz CT molecular complexity index is 1590. The van der Waals surface area contributed by atoms with Crippen LogP contribution in [0, 0.1) is 0 Å². The Balaban J connectivity index is 1.85. The van der Waals surface area contributed by atoms with Gasteiger partial charge in [0.15, 0.2) is 0 Å². The first-order valence-electron chi connectivity index (χ1n) is 13.4. The second-order valence-corrected chi connectivity index (χ2v) is 12.8. The summed E-state index contributed by atoms with van der Waals surface area (Å²) in [7, 11) is 1.99. The Morgan fingerprint density at radius 1 is 0.756 bits per heavy atom. The highest BCUT2D eigenvalue weighted by atomic mass is 127. The Morgan fingerprint density at radius 3 is 1.83 bits per heavy atom. The van der Waals surface area contributed by atoms with Crippen LogP contribution in [0.3, 0.4) is 0 Å². The predicted molar refractivity (Wildman–Crippen MR) is 172 cm³/mol. The fourth-order valence-corrected chi connectivity index (χ4v) is 4.75. The van der Waals surface area contributed by atoms with E-state index in [1.54, 1.807) is 0 Å². The van der Waals surface area contributed by atoms with Gasteiger partial charge in [-0.1, -0.05) is 28.7 Å². The van der Waals surface area contributed by atoms with Crippen LogP contribution in [-0.4, -0.2) is 34.4 Å². The molecule has 0 aliphatic rings. The van der Waals surface area contributed by atoms with Crippen molar-refractivity contribution in [1.82, 2.24) is 0 Å². The molecule has 9 heteroatoms. The highest BCUT2D eigenvalue weighted by molar-refractivity contribution is 14.1. The van der Waals surface area contributed by atoms with Gasteiger partial charge in [-0.2, -0.15) is 4.57 Å². The number of carbonyl (C=O) groups excluding carboxylic acids is 2. The summed E-state index contributed by atoms with van der Waals surface area (Å²) in [5, 5.41) is 8.65. The molecule has 1 aromatic heterocycles. The predicted octanol–water partition coefficient (Wildman–Crippen LogP) is 7.99. The minimum absolute atomic E-state index is 0.513. The number of hydrogen-bond acceptors (Lipinski definition) is 5. The molecule has 216 valence electrons. The number of ether oxygens (including phenoxy) is 3. The first kappa shape index (κ1) is 30.4. The van der Waals surface area contributed by atoms with E-state index < -0.39 is 23.4 Å². The molecule has 1 heterocycles. The van der Waals surface area contributed by atoms with Crippen molar-refractivity contribution in [2.75, 3.05) is 21.7 Å². The Hall–Kier alpha value is -3.60. The Labute approximate surface area is 254 Å². The average Bonchev–Trinajstić information content (AvgIpc) is 2.86. The minimum atomic E-state index is -0.610. The lowest BCUT2D eigenvalue weighted by atomic mass is 9.98. The fourth-order valence-electron chi connectivity index (χ4n) is 4.53. The minimum Gasteiger partial charge on any atom is -0.493 e. The van der Waals surface area contributed by atoms with E-state index in [-0.39, 0.29) is 0 Å². The van der Waals surface area contributed by atoms with Crippen molar-refractivity contribution in [3.63, 3.8) is 0 Å². The summed E-state index contributed by atoms with van der Waals surface area (Å²) in [5.41, 5.74) is 2.86. The zero-order valence-electron chi connectivity index (χ0n) is 24.6. The number of carbonyl (C=O) groups is 2. The topological polar surface area (TPSA) is 89.8 Å². The van der Waals surface area contributed by atoms with Crippen LogP contribution in [-0.2, 0) is 16.5 Å². The number of halogens is 1. The molecular weight excluding hydrogens is 633 g/mol. The molecule has 8 nitrogen and oxygen atoms in total. The zero-order valence-corrected chi connectivity index (χ0v) is 26.7. The molecule has 4 rings (SSSR count). The number of anilines is 2. The van der Waals surface area contributed by atoms with Gasteiger partial charge >= 0.3 is 12.2 Å². The number of amides is 2. The summed E-state index contributed by atoms with van der Waals surface area (Å²) in [6.07, 6.45) is -1.03. The summed E-state index contributed by atoms with van der Waals surface area (Å²) in [6, 6.07) is 19.6. The molecule has 4 aromatic rings. The first-order valence-corrected chi connectivity index (χ1v) is 15.0. The molecule has 0 bridgehead atoms. The van der Waals surface area contributed by atoms with Crippen LogP contribution in [0.2, 0.25) is 0 Å². The number of benzene rings is 3. The number of aromatic nitrogens is 1. The number of hydrogen-bond donors (Lipinski definition) is 2. The van der Waals surface area contributed by atoms with Crippen LogP contribution >= 0.6 is 22.6 Å². The maximum atomic E-state index is 12.5. The smallest absolute Gasteiger partial charge is 0.412 e. The molecule has 0 aliphatic carbocycles. The molecule has 0 fully saturated rings. The summed E-state index contributed by atoms with van der Waals surface area (Å²) >= 11 is 2.28. The van der Waals surface area contributed by atoms with Gasteiger partial charge in [0, 0.05) is 27.1 Å². The number of nitrogens with one attached hydrogen (secondary N) is 2. The lowest BCUT2D eigenvalue weighted by molar-refractivity contribution is -0.632. The SMILES string of the molecule is C[n+]1c(-c2ccc(OCCI)cc2)c2cc(NC(=O)OC(C)(C)C)ccc2c2ccc(NC(=O)OC(C)(C)C)cc21. The highest BCUT2D eigenvalue weighted by Gasteiger charge is 2.24. The first-order chi connectivity index (χ1) is 19.2. The van der Waals surface area contributed by atoms with Gasteiger partial charge in [0.1, 0.15) is 24.0 Å². The van der Waals surface area contributed by atoms with Crippen LogP contribution in [0.5, 0.6) is 5.75 Å². The molecule has 0 radical (unpaired) electrons. The van der Waals surface area contributed by atoms with E-state index in [1.165, 1.54) is 0 Å². The summed E-state index contributed by atoms with van der Waals surface area (Å²) in [5.74, 6) is 0.800. The van der Waals surface area contributed by atoms with Crippen molar-refractivity contribution in [1.29, 1.82) is 0 Å². The van der Waals surface area contributed by atoms with E-state index in [9.17, 15) is 9.59 Å². The van der Waals surface area contributed by atoms with Crippen LogP contribution < -0.4 is 19.9 Å². The van der Waals surface area contributed by atoms with E-state index in [4.69, 9.17) is 14.2 Å². The van der Waals surface area contributed by atoms with Gasteiger partial charge in [-0.05, 0) is 90.1 Å². The summed E-state index contributed by atoms with van der Waals surface area (Å²) < 4.78 is 19.7. The average molecular weight is 671 g/mol. The van der Waals surface area contributed by atoms with E-state index in [2.05, 4.69) is 37.8 Å². The van der Waals surface area contributed by atoms with E-state index in [0.717, 1.165) is 43.1 Å². The van der Waals surface area contributed by atoms with E-state index in [0.29, 0.717) is 18.0 Å². The van der Waals surface area contributed by atoms with Crippen molar-refractivity contribution < 1.29 is 28.4 Å². The van der Waals surface area contributed by atoms with Crippen LogP contribution in [0.25, 0.3) is 32.9 Å². The van der Waals surface area contributed by atoms with Crippen LogP contribution in [0.15, 0.2) is 60.7 Å². The standard InChI is InChI=1S/C32H36IN3O5/c1-31(2,3)40-29(37)34-21-10-14-24-25-15-11-22(35-30(38)41-32(4,5)6)19-27(25)36(7)28(26(24)18-21)20-8-12-23(13-9-20)39-17-16-33/h8-15,18-19H,16-17H2,1-7H3,(H,34,37)/p+1. The lowest BCUT2D eigenvalue weighted by Crippen LogP contribution is -2.33. The molecular formula is C32H37IN3O5+. The highest BCUT2D eigenvalue weighted by Crippen LogP contribution is 2.34. The number of aryl methyl sites for hydroxylation is 1. The molecule has 0 aliphatic heterocycles. The Morgan fingerprint density at radius 2 is 1.29 bits per heavy atom. The molecule has 3 aromatic carbocycles. The van der Waals surface area contributed by atoms with Crippen molar-refractivity contribution in [2.24, 2.45) is 7.05 Å². The molecule has 0 atom stereocenters. The Kier molecular flexibility index (Phi) is 8.96. The van der Waals surface area contributed by atoms with Gasteiger partial charge in [0.25, 0.3) is 0 Å². The molecule has 0 unspecified atom stereocenters. The second-order valence-electron chi connectivity index (χ2n) is 11.7. The van der Waals surface area contributed by atoms with Gasteiger partial charge < -0.3 is 14.2 Å². The van der Waals surface area contributed by atoms with Crippen molar-refractivity contribution in [2.45, 2.75) is 52.7 Å². The summed E-state index contributed by atoms with van der Waals surface area (Å²) in [4.78, 5) is 25.0. The van der Waals surface area contributed by atoms with Gasteiger partial charge in [-0.25, -0.2) is 9.59 Å². The third kappa shape index (κ3) is 7.78. The van der Waals surface area contributed by atoms with Crippen molar-refractivity contribution in [3.8, 4) is 17.0 Å². The molecule has 0 saturated carbocycles. The van der Waals surface area contributed by atoms with E-state index >= 15 is 0 Å². The lowest BCUT2D eigenvalue weighted by Gasteiger charge is -2.20. The third-order valence-corrected chi connectivity index (χ3v) is 6.46. The van der Waals surface area contributed by atoms with E-state index in [1.807, 2.05) is 109 Å². The number of fused-ring (bicyclic) bond motifs is 3. The van der Waals surface area contributed by atoms with Gasteiger partial charge in [-0.15, -0.1) is 0 Å². The van der Waals surface area contributed by atoms with Gasteiger partial charge in [0.2, 0.25) is 11.2 Å². The van der Waals surface area contributed by atoms with Crippen molar-refractivity contribution in [3.05, 3.63) is 60.7 Å². The number of pyridine rings is 1. The quantitative estimate of drug-likeness (QED) is 0.0940. The zero-order chi connectivity index (χ0) is 29.9.